The van der Waals surface area contributed by atoms with Gasteiger partial charge in [-0.05, 0) is 52.8 Å². The third-order valence-corrected chi connectivity index (χ3v) is 6.70. The summed E-state index contributed by atoms with van der Waals surface area (Å²) >= 11 is 0. The van der Waals surface area contributed by atoms with E-state index in [0.717, 1.165) is 22.3 Å². The van der Waals surface area contributed by atoms with Gasteiger partial charge in [0.05, 0.1) is 6.61 Å². The number of amides is 3. The Hall–Kier alpha value is -4.17. The molecule has 0 unspecified atom stereocenters. The maximum Gasteiger partial charge on any atom is 0.407 e. The highest BCUT2D eigenvalue weighted by Gasteiger charge is 2.31. The predicted molar refractivity (Wildman–Crippen MR) is 145 cm³/mol. The number of hydrogen-bond acceptors (Lipinski definition) is 5. The summed E-state index contributed by atoms with van der Waals surface area (Å²) in [5.41, 5.74) is 5.64. The number of alkyl carbamates (subject to hydrolysis) is 1. The molecule has 4 rings (SSSR count). The van der Waals surface area contributed by atoms with Crippen molar-refractivity contribution >= 4 is 23.6 Å². The Kier molecular flexibility index (Phi) is 8.43. The number of aliphatic hydroxyl groups excluding tert-OH is 1. The highest BCUT2D eigenvalue weighted by Crippen LogP contribution is 2.44. The van der Waals surface area contributed by atoms with Crippen LogP contribution < -0.4 is 16.0 Å². The van der Waals surface area contributed by atoms with Crippen LogP contribution in [0, 0.1) is 5.92 Å². The van der Waals surface area contributed by atoms with E-state index in [1.807, 2.05) is 36.4 Å². The molecule has 0 radical (unpaired) electrons. The topological polar surface area (TPSA) is 117 Å². The minimum atomic E-state index is -0.890. The van der Waals surface area contributed by atoms with Crippen molar-refractivity contribution < 1.29 is 24.2 Å². The molecular weight excluding hydrogens is 482 g/mol. The predicted octanol–water partition coefficient (Wildman–Crippen LogP) is 4.19. The number of hydrogen-bond donors (Lipinski definition) is 4. The van der Waals surface area contributed by atoms with E-state index in [-0.39, 0.29) is 25.0 Å². The van der Waals surface area contributed by atoms with Crippen LogP contribution in [-0.2, 0) is 20.9 Å². The lowest BCUT2D eigenvalue weighted by molar-refractivity contribution is -0.128. The van der Waals surface area contributed by atoms with Crippen molar-refractivity contribution in [1.29, 1.82) is 0 Å². The number of carbonyl (C=O) groups is 3. The van der Waals surface area contributed by atoms with Gasteiger partial charge in [-0.15, -0.1) is 0 Å². The van der Waals surface area contributed by atoms with E-state index >= 15 is 0 Å². The van der Waals surface area contributed by atoms with Gasteiger partial charge in [0.1, 0.15) is 18.7 Å². The molecule has 4 N–H and O–H groups in total. The quantitative estimate of drug-likeness (QED) is 0.341. The van der Waals surface area contributed by atoms with E-state index in [9.17, 15) is 19.5 Å². The van der Waals surface area contributed by atoms with Gasteiger partial charge in [0, 0.05) is 11.6 Å². The van der Waals surface area contributed by atoms with Crippen LogP contribution in [0.25, 0.3) is 11.1 Å². The lowest BCUT2D eigenvalue weighted by atomic mass is 9.98. The van der Waals surface area contributed by atoms with Crippen molar-refractivity contribution in [3.8, 4) is 11.1 Å². The van der Waals surface area contributed by atoms with Crippen molar-refractivity contribution in [2.24, 2.45) is 5.92 Å². The summed E-state index contributed by atoms with van der Waals surface area (Å²) in [5.74, 6) is -1.24. The second-order valence-corrected chi connectivity index (χ2v) is 9.77. The number of aliphatic hydroxyl groups is 1. The molecule has 3 aromatic carbocycles. The molecule has 0 fully saturated rings. The number of rotatable bonds is 9. The first-order valence-corrected chi connectivity index (χ1v) is 12.7. The summed E-state index contributed by atoms with van der Waals surface area (Å²) in [6, 6.07) is 21.2. The SMILES string of the molecule is CC(C)[C@H](NC(=O)OCC1c2ccccc2-c2ccccc21)C(=O)N[C@@H](C)C(=O)Nc1cccc(CO)c1. The molecule has 3 aromatic rings. The minimum absolute atomic E-state index is 0.0902. The van der Waals surface area contributed by atoms with Gasteiger partial charge in [-0.1, -0.05) is 74.5 Å². The fourth-order valence-corrected chi connectivity index (χ4v) is 4.67. The number of benzene rings is 3. The average Bonchev–Trinajstić information content (AvgIpc) is 3.24. The molecular formula is C30H33N3O5. The van der Waals surface area contributed by atoms with Gasteiger partial charge >= 0.3 is 6.09 Å². The van der Waals surface area contributed by atoms with Gasteiger partial charge in [-0.2, -0.15) is 0 Å². The Balaban J connectivity index is 1.34. The molecule has 0 aromatic heterocycles. The number of nitrogens with one attached hydrogen (secondary N) is 3. The normalized spacial score (nSPS) is 13.7. The summed E-state index contributed by atoms with van der Waals surface area (Å²) in [7, 11) is 0. The first-order valence-electron chi connectivity index (χ1n) is 12.7. The number of anilines is 1. The van der Waals surface area contributed by atoms with E-state index in [1.165, 1.54) is 0 Å². The second kappa shape index (κ2) is 11.9. The van der Waals surface area contributed by atoms with Gasteiger partial charge in [-0.25, -0.2) is 4.79 Å². The molecule has 3 amide bonds. The van der Waals surface area contributed by atoms with Crippen molar-refractivity contribution in [2.75, 3.05) is 11.9 Å². The second-order valence-electron chi connectivity index (χ2n) is 9.77. The molecule has 1 aliphatic rings. The summed E-state index contributed by atoms with van der Waals surface area (Å²) in [6.45, 7) is 5.16. The van der Waals surface area contributed by atoms with E-state index in [1.54, 1.807) is 45.0 Å². The van der Waals surface area contributed by atoms with Crippen LogP contribution in [0.4, 0.5) is 10.5 Å². The standard InChI is InChI=1S/C30H33N3O5/c1-18(2)27(29(36)31-19(3)28(35)32-21-10-8-9-20(15-21)16-34)33-30(37)38-17-26-24-13-6-4-11-22(24)23-12-5-7-14-25(23)26/h4-15,18-19,26-27,34H,16-17H2,1-3H3,(H,31,36)(H,32,35)(H,33,37)/t19-,27-/m0/s1. The lowest BCUT2D eigenvalue weighted by Crippen LogP contribution is -2.53. The number of fused-ring (bicyclic) bond motifs is 3. The summed E-state index contributed by atoms with van der Waals surface area (Å²) in [6.07, 6.45) is -0.696. The van der Waals surface area contributed by atoms with Crippen LogP contribution in [0.3, 0.4) is 0 Å². The Morgan fingerprint density at radius 2 is 1.47 bits per heavy atom. The Bertz CT molecular complexity index is 1280. The third-order valence-electron chi connectivity index (χ3n) is 6.70. The molecule has 1 aliphatic carbocycles. The summed E-state index contributed by atoms with van der Waals surface area (Å²) in [4.78, 5) is 38.3. The third kappa shape index (κ3) is 6.03. The van der Waals surface area contributed by atoms with Crippen LogP contribution in [0.5, 0.6) is 0 Å². The van der Waals surface area contributed by atoms with Crippen molar-refractivity contribution in [3.63, 3.8) is 0 Å². The smallest absolute Gasteiger partial charge is 0.407 e. The monoisotopic (exact) mass is 515 g/mol. The van der Waals surface area contributed by atoms with Gasteiger partial charge in [0.2, 0.25) is 11.8 Å². The first-order chi connectivity index (χ1) is 18.3. The van der Waals surface area contributed by atoms with Crippen molar-refractivity contribution in [1.82, 2.24) is 10.6 Å². The fraction of sp³-hybridized carbons (Fsp3) is 0.300. The minimum Gasteiger partial charge on any atom is -0.449 e. The molecule has 0 aliphatic heterocycles. The molecule has 0 bridgehead atoms. The largest absolute Gasteiger partial charge is 0.449 e. The van der Waals surface area contributed by atoms with E-state index in [4.69, 9.17) is 4.74 Å². The molecule has 0 saturated heterocycles. The molecule has 38 heavy (non-hydrogen) atoms. The van der Waals surface area contributed by atoms with Gasteiger partial charge in [0.25, 0.3) is 0 Å². The van der Waals surface area contributed by atoms with E-state index in [2.05, 4.69) is 28.1 Å². The van der Waals surface area contributed by atoms with Crippen LogP contribution in [-0.4, -0.2) is 41.7 Å². The fourth-order valence-electron chi connectivity index (χ4n) is 4.67. The molecule has 8 nitrogen and oxygen atoms in total. The maximum atomic E-state index is 13.0. The maximum absolute atomic E-state index is 13.0. The van der Waals surface area contributed by atoms with Gasteiger partial charge in [-0.3, -0.25) is 9.59 Å². The van der Waals surface area contributed by atoms with Crippen molar-refractivity contribution in [3.05, 3.63) is 89.5 Å². The Morgan fingerprint density at radius 3 is 2.08 bits per heavy atom. The Labute approximate surface area is 222 Å². The highest BCUT2D eigenvalue weighted by molar-refractivity contribution is 5.98. The zero-order valence-corrected chi connectivity index (χ0v) is 21.7. The average molecular weight is 516 g/mol. The highest BCUT2D eigenvalue weighted by atomic mass is 16.5. The molecule has 198 valence electrons. The van der Waals surface area contributed by atoms with E-state index in [0.29, 0.717) is 11.3 Å². The van der Waals surface area contributed by atoms with Gasteiger partial charge < -0.3 is 25.8 Å². The van der Waals surface area contributed by atoms with Gasteiger partial charge in [0.15, 0.2) is 0 Å². The van der Waals surface area contributed by atoms with Crippen molar-refractivity contribution in [2.45, 2.75) is 45.4 Å². The molecule has 0 spiro atoms. The molecule has 2 atom stereocenters. The van der Waals surface area contributed by atoms with Crippen LogP contribution >= 0.6 is 0 Å². The first kappa shape index (κ1) is 26.9. The lowest BCUT2D eigenvalue weighted by Gasteiger charge is -2.24. The number of carbonyl (C=O) groups excluding carboxylic acids is 3. The zero-order valence-electron chi connectivity index (χ0n) is 21.7. The summed E-state index contributed by atoms with van der Waals surface area (Å²) < 4.78 is 5.59. The van der Waals surface area contributed by atoms with Crippen LogP contribution in [0.1, 0.15) is 43.4 Å². The van der Waals surface area contributed by atoms with E-state index < -0.39 is 30.0 Å². The summed E-state index contributed by atoms with van der Waals surface area (Å²) in [5, 5.41) is 17.3. The Morgan fingerprint density at radius 1 is 0.842 bits per heavy atom. The molecule has 8 heteroatoms. The molecule has 0 saturated carbocycles. The van der Waals surface area contributed by atoms with Crippen LogP contribution in [0.15, 0.2) is 72.8 Å². The zero-order chi connectivity index (χ0) is 27.2. The molecule has 0 heterocycles. The number of ether oxygens (including phenoxy) is 1. The van der Waals surface area contributed by atoms with Crippen LogP contribution in [0.2, 0.25) is 0 Å².